The highest BCUT2D eigenvalue weighted by atomic mass is 32.1. The largest absolute Gasteiger partial charge is 0.496 e. The summed E-state index contributed by atoms with van der Waals surface area (Å²) in [6.45, 7) is 1.06. The Balaban J connectivity index is 1.86. The van der Waals surface area contributed by atoms with Crippen molar-refractivity contribution in [2.24, 2.45) is 0 Å². The van der Waals surface area contributed by atoms with E-state index in [0.717, 1.165) is 10.7 Å². The van der Waals surface area contributed by atoms with Crippen LogP contribution in [0.3, 0.4) is 0 Å². The first kappa shape index (κ1) is 15.5. The van der Waals surface area contributed by atoms with Gasteiger partial charge in [-0.1, -0.05) is 12.1 Å². The smallest absolute Gasteiger partial charge is 0.255 e. The van der Waals surface area contributed by atoms with Gasteiger partial charge in [0, 0.05) is 25.5 Å². The minimum absolute atomic E-state index is 0.139. The Morgan fingerprint density at radius 3 is 2.90 bits per heavy atom. The van der Waals surface area contributed by atoms with Crippen LogP contribution < -0.4 is 10.1 Å². The van der Waals surface area contributed by atoms with E-state index >= 15 is 0 Å². The summed E-state index contributed by atoms with van der Waals surface area (Å²) in [5.41, 5.74) is 1.51. The van der Waals surface area contributed by atoms with Gasteiger partial charge in [-0.3, -0.25) is 4.79 Å². The molecule has 1 N–H and O–H groups in total. The molecule has 0 unspecified atom stereocenters. The van der Waals surface area contributed by atoms with Crippen LogP contribution in [0.1, 0.15) is 21.1 Å². The average Bonchev–Trinajstić information content (AvgIpc) is 2.95. The number of hydrogen-bond acceptors (Lipinski definition) is 5. The number of aromatic nitrogens is 1. The van der Waals surface area contributed by atoms with Gasteiger partial charge in [-0.2, -0.15) is 0 Å². The molecule has 0 saturated carbocycles. The van der Waals surface area contributed by atoms with Crippen molar-refractivity contribution in [3.8, 4) is 5.75 Å². The van der Waals surface area contributed by atoms with E-state index in [1.54, 1.807) is 37.7 Å². The number of ether oxygens (including phenoxy) is 2. The van der Waals surface area contributed by atoms with E-state index in [0.29, 0.717) is 30.9 Å². The minimum Gasteiger partial charge on any atom is -0.496 e. The number of rotatable bonds is 7. The molecule has 112 valence electrons. The molecule has 0 aliphatic rings. The first-order chi connectivity index (χ1) is 10.2. The maximum atomic E-state index is 12.1. The molecule has 0 aliphatic heterocycles. The fraction of sp³-hybridized carbons (Fsp3) is 0.333. The zero-order chi connectivity index (χ0) is 15.1. The predicted octanol–water partition coefficient (Wildman–Crippen LogP) is 2.27. The van der Waals surface area contributed by atoms with Crippen molar-refractivity contribution in [3.05, 3.63) is 45.9 Å². The highest BCUT2D eigenvalue weighted by molar-refractivity contribution is 7.09. The Bertz CT molecular complexity index is 598. The molecule has 0 atom stereocenters. The van der Waals surface area contributed by atoms with Crippen LogP contribution >= 0.6 is 11.3 Å². The monoisotopic (exact) mass is 306 g/mol. The maximum Gasteiger partial charge on any atom is 0.255 e. The number of methoxy groups -OCH3 is 2. The number of nitrogens with zero attached hydrogens (tertiary/aromatic N) is 1. The molecule has 0 aliphatic carbocycles. The Morgan fingerprint density at radius 2 is 2.14 bits per heavy atom. The van der Waals surface area contributed by atoms with Crippen LogP contribution in [0.15, 0.2) is 29.6 Å². The van der Waals surface area contributed by atoms with Crippen molar-refractivity contribution >= 4 is 17.2 Å². The fourth-order valence-electron chi connectivity index (χ4n) is 1.89. The second-order valence-electron chi connectivity index (χ2n) is 4.37. The lowest BCUT2D eigenvalue weighted by Gasteiger charge is -2.08. The van der Waals surface area contributed by atoms with E-state index in [2.05, 4.69) is 10.3 Å². The number of benzene rings is 1. The maximum absolute atomic E-state index is 12.1. The second-order valence-corrected chi connectivity index (χ2v) is 5.31. The third-order valence-electron chi connectivity index (χ3n) is 2.89. The zero-order valence-corrected chi connectivity index (χ0v) is 12.9. The second kappa shape index (κ2) is 7.75. The highest BCUT2D eigenvalue weighted by Crippen LogP contribution is 2.17. The summed E-state index contributed by atoms with van der Waals surface area (Å²) in [4.78, 5) is 16.5. The molecule has 2 aromatic rings. The minimum atomic E-state index is -0.139. The van der Waals surface area contributed by atoms with Crippen LogP contribution in [-0.2, 0) is 17.8 Å². The summed E-state index contributed by atoms with van der Waals surface area (Å²) in [5, 5.41) is 5.82. The third kappa shape index (κ3) is 4.27. The first-order valence-corrected chi connectivity index (χ1v) is 7.46. The Morgan fingerprint density at radius 1 is 1.33 bits per heavy atom. The third-order valence-corrected chi connectivity index (χ3v) is 3.76. The Labute approximate surface area is 127 Å². The van der Waals surface area contributed by atoms with Gasteiger partial charge >= 0.3 is 0 Å². The van der Waals surface area contributed by atoms with Crippen molar-refractivity contribution < 1.29 is 14.3 Å². The van der Waals surface area contributed by atoms with Crippen LogP contribution in [-0.4, -0.2) is 31.7 Å². The van der Waals surface area contributed by atoms with Gasteiger partial charge in [0.1, 0.15) is 10.8 Å². The number of thiazole rings is 1. The molecule has 1 amide bonds. The molecule has 0 saturated heterocycles. The van der Waals surface area contributed by atoms with E-state index in [9.17, 15) is 4.79 Å². The lowest BCUT2D eigenvalue weighted by atomic mass is 10.2. The van der Waals surface area contributed by atoms with Crippen molar-refractivity contribution in [2.75, 3.05) is 20.8 Å². The summed E-state index contributed by atoms with van der Waals surface area (Å²) < 4.78 is 10.2. The molecule has 1 aromatic carbocycles. The van der Waals surface area contributed by atoms with Crippen molar-refractivity contribution in [3.63, 3.8) is 0 Å². The van der Waals surface area contributed by atoms with Gasteiger partial charge in [0.25, 0.3) is 5.91 Å². The number of hydrogen-bond donors (Lipinski definition) is 1. The van der Waals surface area contributed by atoms with Gasteiger partial charge in [-0.15, -0.1) is 11.3 Å². The molecule has 2 rings (SSSR count). The van der Waals surface area contributed by atoms with E-state index in [1.165, 1.54) is 0 Å². The average molecular weight is 306 g/mol. The summed E-state index contributed by atoms with van der Waals surface area (Å²) >= 11 is 1.57. The topological polar surface area (TPSA) is 60.5 Å². The van der Waals surface area contributed by atoms with Crippen LogP contribution in [0.2, 0.25) is 0 Å². The van der Waals surface area contributed by atoms with Gasteiger partial charge in [0.05, 0.1) is 25.0 Å². The molecular formula is C15H18N2O3S. The van der Waals surface area contributed by atoms with Gasteiger partial charge in [0.2, 0.25) is 0 Å². The Hall–Kier alpha value is -1.92. The number of carbonyl (C=O) groups is 1. The van der Waals surface area contributed by atoms with Crippen LogP contribution in [0.25, 0.3) is 0 Å². The molecule has 5 nitrogen and oxygen atoms in total. The molecule has 0 fully saturated rings. The molecule has 6 heteroatoms. The standard InChI is InChI=1S/C15H18N2O3S/c1-19-9-14-17-11(10-21-14)7-8-16-15(18)12-5-3-4-6-13(12)20-2/h3-6,10H,7-9H2,1-2H3,(H,16,18). The predicted molar refractivity (Wildman–Crippen MR) is 81.9 cm³/mol. The molecule has 21 heavy (non-hydrogen) atoms. The van der Waals surface area contributed by atoms with Crippen molar-refractivity contribution in [1.82, 2.24) is 10.3 Å². The number of nitrogens with one attached hydrogen (secondary N) is 1. The van der Waals surface area contributed by atoms with Crippen molar-refractivity contribution in [2.45, 2.75) is 13.0 Å². The first-order valence-electron chi connectivity index (χ1n) is 6.58. The number of amides is 1. The molecule has 0 bridgehead atoms. The van der Waals surface area contributed by atoms with Crippen molar-refractivity contribution in [1.29, 1.82) is 0 Å². The summed E-state index contributed by atoms with van der Waals surface area (Å²) in [6, 6.07) is 7.16. The van der Waals surface area contributed by atoms with E-state index in [4.69, 9.17) is 9.47 Å². The SMILES string of the molecule is COCc1nc(CCNC(=O)c2ccccc2OC)cs1. The lowest BCUT2D eigenvalue weighted by molar-refractivity contribution is 0.0951. The van der Waals surface area contributed by atoms with Gasteiger partial charge in [-0.05, 0) is 12.1 Å². The normalized spacial score (nSPS) is 10.4. The molecule has 0 radical (unpaired) electrons. The Kier molecular flexibility index (Phi) is 5.71. The van der Waals surface area contributed by atoms with Crippen LogP contribution in [0.4, 0.5) is 0 Å². The highest BCUT2D eigenvalue weighted by Gasteiger charge is 2.11. The number of carbonyl (C=O) groups excluding carboxylic acids is 1. The summed E-state index contributed by atoms with van der Waals surface area (Å²) in [5.74, 6) is 0.436. The molecule has 1 aromatic heterocycles. The van der Waals surface area contributed by atoms with Crippen LogP contribution in [0, 0.1) is 0 Å². The van der Waals surface area contributed by atoms with Crippen LogP contribution in [0.5, 0.6) is 5.75 Å². The van der Waals surface area contributed by atoms with Gasteiger partial charge in [0.15, 0.2) is 0 Å². The molecule has 0 spiro atoms. The van der Waals surface area contributed by atoms with E-state index in [-0.39, 0.29) is 5.91 Å². The fourth-order valence-corrected chi connectivity index (χ4v) is 2.68. The quantitative estimate of drug-likeness (QED) is 0.852. The summed E-state index contributed by atoms with van der Waals surface area (Å²) in [7, 11) is 3.20. The molecule has 1 heterocycles. The van der Waals surface area contributed by atoms with Gasteiger partial charge < -0.3 is 14.8 Å². The van der Waals surface area contributed by atoms with E-state index < -0.39 is 0 Å². The molecular weight excluding hydrogens is 288 g/mol. The zero-order valence-electron chi connectivity index (χ0n) is 12.1. The summed E-state index contributed by atoms with van der Waals surface area (Å²) in [6.07, 6.45) is 0.696. The number of para-hydroxylation sites is 1. The van der Waals surface area contributed by atoms with Gasteiger partial charge in [-0.25, -0.2) is 4.98 Å². The lowest BCUT2D eigenvalue weighted by Crippen LogP contribution is -2.26. The van der Waals surface area contributed by atoms with E-state index in [1.807, 2.05) is 17.5 Å².